The molecule has 1 aromatic heterocycles. The fourth-order valence-electron chi connectivity index (χ4n) is 1.34. The topological polar surface area (TPSA) is 26.3 Å². The lowest BCUT2D eigenvalue weighted by Crippen LogP contribution is -2.06. The molecule has 0 aliphatic heterocycles. The second-order valence-electron chi connectivity index (χ2n) is 3.49. The molecule has 3 heteroatoms. The summed E-state index contributed by atoms with van der Waals surface area (Å²) in [5.41, 5.74) is 1.17. The van der Waals surface area contributed by atoms with Gasteiger partial charge in [0.25, 0.3) is 0 Å². The van der Waals surface area contributed by atoms with E-state index >= 15 is 0 Å². The van der Waals surface area contributed by atoms with Crippen LogP contribution in [-0.4, -0.2) is 12.4 Å². The highest BCUT2D eigenvalue weighted by molar-refractivity contribution is 7.13. The molecule has 0 spiro atoms. The molecule has 0 fully saturated rings. The number of ether oxygens (including phenoxy) is 1. The second-order valence-corrected chi connectivity index (χ2v) is 4.44. The molecule has 0 N–H and O–H groups in total. The zero-order valence-electron chi connectivity index (χ0n) is 8.97. The van der Waals surface area contributed by atoms with Gasteiger partial charge in [0.15, 0.2) is 5.78 Å². The first-order valence-electron chi connectivity index (χ1n) is 5.02. The molecule has 2 nitrogen and oxygen atoms in total. The second kappa shape index (κ2) is 4.94. The summed E-state index contributed by atoms with van der Waals surface area (Å²) in [6, 6.07) is 11.9. The highest BCUT2D eigenvalue weighted by atomic mass is 32.1. The van der Waals surface area contributed by atoms with Gasteiger partial charge >= 0.3 is 0 Å². The van der Waals surface area contributed by atoms with Crippen LogP contribution in [0, 0.1) is 0 Å². The quantitative estimate of drug-likeness (QED) is 0.807. The summed E-state index contributed by atoms with van der Waals surface area (Å²) in [5, 5.41) is 2.05. The smallest absolute Gasteiger partial charge is 0.167 e. The highest BCUT2D eigenvalue weighted by Gasteiger charge is 2.00. The molecule has 0 unspecified atom stereocenters. The van der Waals surface area contributed by atoms with E-state index in [1.165, 1.54) is 17.4 Å². The van der Waals surface area contributed by atoms with Crippen LogP contribution < -0.4 is 4.74 Å². The summed E-state index contributed by atoms with van der Waals surface area (Å²) in [5.74, 6) is 0.762. The number of hydrogen-bond acceptors (Lipinski definition) is 3. The summed E-state index contributed by atoms with van der Waals surface area (Å²) in [4.78, 5) is 12.0. The average Bonchev–Trinajstić information content (AvgIpc) is 2.80. The van der Waals surface area contributed by atoms with Crippen molar-refractivity contribution in [3.63, 3.8) is 0 Å². The molecule has 82 valence electrons. The zero-order valence-corrected chi connectivity index (χ0v) is 9.79. The van der Waals surface area contributed by atoms with Crippen molar-refractivity contribution in [2.75, 3.05) is 6.61 Å². The Morgan fingerprint density at radius 3 is 2.56 bits per heavy atom. The van der Waals surface area contributed by atoms with Crippen LogP contribution in [0.15, 0.2) is 41.8 Å². The van der Waals surface area contributed by atoms with Gasteiger partial charge in [-0.15, -0.1) is 11.3 Å². The van der Waals surface area contributed by atoms with Crippen LogP contribution in [0.5, 0.6) is 5.75 Å². The van der Waals surface area contributed by atoms with Gasteiger partial charge in [-0.3, -0.25) is 4.79 Å². The maximum atomic E-state index is 10.7. The Balaban J connectivity index is 2.08. The van der Waals surface area contributed by atoms with E-state index in [0.717, 1.165) is 5.75 Å². The third-order valence-corrected chi connectivity index (χ3v) is 3.02. The van der Waals surface area contributed by atoms with Crippen LogP contribution in [0.3, 0.4) is 0 Å². The van der Waals surface area contributed by atoms with Gasteiger partial charge in [-0.2, -0.15) is 0 Å². The van der Waals surface area contributed by atoms with E-state index < -0.39 is 0 Å². The molecule has 0 aliphatic rings. The Bertz CT molecular complexity index is 457. The van der Waals surface area contributed by atoms with Crippen LogP contribution in [0.1, 0.15) is 6.92 Å². The third kappa shape index (κ3) is 2.70. The molecule has 0 saturated carbocycles. The minimum atomic E-state index is 0.0299. The molecule has 0 atom stereocenters. The number of benzene rings is 1. The standard InChI is InChI=1S/C13H12O2S/c1-10(14)9-15-12-6-4-11(5-7-12)13-3-2-8-16-13/h2-8H,9H2,1H3. The molecule has 0 radical (unpaired) electrons. The Morgan fingerprint density at radius 1 is 1.25 bits per heavy atom. The third-order valence-electron chi connectivity index (χ3n) is 2.10. The van der Waals surface area contributed by atoms with Crippen LogP contribution in [0.4, 0.5) is 0 Å². The molecular weight excluding hydrogens is 220 g/mol. The zero-order chi connectivity index (χ0) is 11.4. The van der Waals surface area contributed by atoms with Crippen molar-refractivity contribution in [1.29, 1.82) is 0 Å². The summed E-state index contributed by atoms with van der Waals surface area (Å²) in [6.07, 6.45) is 0. The van der Waals surface area contributed by atoms with Crippen LogP contribution >= 0.6 is 11.3 Å². The molecule has 2 aromatic rings. The molecule has 2 rings (SSSR count). The van der Waals surface area contributed by atoms with Gasteiger partial charge in [0.1, 0.15) is 12.4 Å². The lowest BCUT2D eigenvalue weighted by Gasteiger charge is -2.04. The van der Waals surface area contributed by atoms with Gasteiger partial charge in [0, 0.05) is 4.88 Å². The van der Waals surface area contributed by atoms with Crippen molar-refractivity contribution >= 4 is 17.1 Å². The van der Waals surface area contributed by atoms with Gasteiger partial charge in [-0.05, 0) is 48.2 Å². The van der Waals surface area contributed by atoms with Gasteiger partial charge in [0.2, 0.25) is 0 Å². The Labute approximate surface area is 98.5 Å². The predicted octanol–water partition coefficient (Wildman–Crippen LogP) is 3.38. The molecule has 1 heterocycles. The number of ketones is 1. The monoisotopic (exact) mass is 232 g/mol. The number of carbonyl (C=O) groups is 1. The lowest BCUT2D eigenvalue weighted by atomic mass is 10.2. The summed E-state index contributed by atoms with van der Waals surface area (Å²) < 4.78 is 5.29. The van der Waals surface area contributed by atoms with Crippen LogP contribution in [0.2, 0.25) is 0 Å². The first kappa shape index (κ1) is 10.9. The summed E-state index contributed by atoms with van der Waals surface area (Å²) in [6.45, 7) is 1.65. The maximum Gasteiger partial charge on any atom is 0.167 e. The molecule has 0 bridgehead atoms. The number of hydrogen-bond donors (Lipinski definition) is 0. The van der Waals surface area contributed by atoms with Gasteiger partial charge < -0.3 is 4.74 Å². The number of carbonyl (C=O) groups excluding carboxylic acids is 1. The Hall–Kier alpha value is -1.61. The molecule has 0 saturated heterocycles. The molecule has 0 aliphatic carbocycles. The normalized spacial score (nSPS) is 10.1. The van der Waals surface area contributed by atoms with Gasteiger partial charge in [0.05, 0.1) is 0 Å². The lowest BCUT2D eigenvalue weighted by molar-refractivity contribution is -0.118. The molecular formula is C13H12O2S. The summed E-state index contributed by atoms with van der Waals surface area (Å²) >= 11 is 1.71. The number of Topliss-reactive ketones (excluding diaryl/α,β-unsaturated/α-hetero) is 1. The molecule has 1 aromatic carbocycles. The van der Waals surface area contributed by atoms with E-state index in [-0.39, 0.29) is 12.4 Å². The number of thiophene rings is 1. The SMILES string of the molecule is CC(=O)COc1ccc(-c2cccs2)cc1. The van der Waals surface area contributed by atoms with Crippen molar-refractivity contribution in [3.8, 4) is 16.2 Å². The van der Waals surface area contributed by atoms with Crippen molar-refractivity contribution in [2.24, 2.45) is 0 Å². The van der Waals surface area contributed by atoms with Crippen molar-refractivity contribution in [3.05, 3.63) is 41.8 Å². The van der Waals surface area contributed by atoms with Gasteiger partial charge in [-0.1, -0.05) is 6.07 Å². The van der Waals surface area contributed by atoms with E-state index in [9.17, 15) is 4.79 Å². The van der Waals surface area contributed by atoms with E-state index in [1.54, 1.807) is 11.3 Å². The first-order valence-corrected chi connectivity index (χ1v) is 5.90. The first-order chi connectivity index (χ1) is 7.75. The maximum absolute atomic E-state index is 10.7. The molecule has 16 heavy (non-hydrogen) atoms. The minimum Gasteiger partial charge on any atom is -0.486 e. The average molecular weight is 232 g/mol. The van der Waals surface area contributed by atoms with E-state index in [4.69, 9.17) is 4.74 Å². The fourth-order valence-corrected chi connectivity index (χ4v) is 2.08. The van der Waals surface area contributed by atoms with Crippen LogP contribution in [0.25, 0.3) is 10.4 Å². The van der Waals surface area contributed by atoms with E-state index in [2.05, 4.69) is 11.4 Å². The van der Waals surface area contributed by atoms with E-state index in [0.29, 0.717) is 0 Å². The minimum absolute atomic E-state index is 0.0299. The van der Waals surface area contributed by atoms with Crippen molar-refractivity contribution < 1.29 is 9.53 Å². The fraction of sp³-hybridized carbons (Fsp3) is 0.154. The highest BCUT2D eigenvalue weighted by Crippen LogP contribution is 2.26. The van der Waals surface area contributed by atoms with Crippen molar-refractivity contribution in [1.82, 2.24) is 0 Å². The van der Waals surface area contributed by atoms with Crippen molar-refractivity contribution in [2.45, 2.75) is 6.92 Å². The summed E-state index contributed by atoms with van der Waals surface area (Å²) in [7, 11) is 0. The largest absolute Gasteiger partial charge is 0.486 e. The number of rotatable bonds is 4. The van der Waals surface area contributed by atoms with Gasteiger partial charge in [-0.25, -0.2) is 0 Å². The Kier molecular flexibility index (Phi) is 3.37. The molecule has 0 amide bonds. The van der Waals surface area contributed by atoms with Crippen LogP contribution in [-0.2, 0) is 4.79 Å². The van der Waals surface area contributed by atoms with E-state index in [1.807, 2.05) is 30.3 Å². The predicted molar refractivity (Wildman–Crippen MR) is 65.9 cm³/mol. The Morgan fingerprint density at radius 2 is 2.00 bits per heavy atom.